The third-order valence-electron chi connectivity index (χ3n) is 5.11. The largest absolute Gasteiger partial charge is 0.381 e. The number of carbonyl (C=O) groups excluding carboxylic acids is 2. The fourth-order valence-corrected chi connectivity index (χ4v) is 4.63. The highest BCUT2D eigenvalue weighted by atomic mass is 32.2. The Morgan fingerprint density at radius 1 is 0.703 bits per heavy atom. The van der Waals surface area contributed by atoms with Crippen molar-refractivity contribution in [2.75, 3.05) is 20.0 Å². The van der Waals surface area contributed by atoms with Crippen molar-refractivity contribution >= 4 is 21.4 Å². The summed E-state index contributed by atoms with van der Waals surface area (Å²) in [6, 6.07) is 18.6. The van der Waals surface area contributed by atoms with Crippen LogP contribution in [-0.2, 0) is 35.3 Å². The molecule has 0 heterocycles. The summed E-state index contributed by atoms with van der Waals surface area (Å²) >= 11 is 0. The van der Waals surface area contributed by atoms with Crippen LogP contribution in [0.3, 0.4) is 0 Å². The van der Waals surface area contributed by atoms with Crippen LogP contribution in [-0.4, -0.2) is 52.2 Å². The lowest BCUT2D eigenvalue weighted by atomic mass is 10.0. The van der Waals surface area contributed by atoms with E-state index in [4.69, 9.17) is 9.47 Å². The van der Waals surface area contributed by atoms with Crippen molar-refractivity contribution in [1.82, 2.24) is 0 Å². The van der Waals surface area contributed by atoms with E-state index in [2.05, 4.69) is 12.1 Å². The zero-order valence-electron chi connectivity index (χ0n) is 20.0. The van der Waals surface area contributed by atoms with Crippen molar-refractivity contribution < 1.29 is 27.5 Å². The van der Waals surface area contributed by atoms with Crippen molar-refractivity contribution in [2.45, 2.75) is 92.8 Å². The first kappa shape index (κ1) is 41.8. The van der Waals surface area contributed by atoms with Crippen LogP contribution in [0, 0.1) is 0 Å². The van der Waals surface area contributed by atoms with E-state index < -0.39 is 9.84 Å². The average molecular weight is 541 g/mol. The summed E-state index contributed by atoms with van der Waals surface area (Å²) in [5, 5.41) is 0. The summed E-state index contributed by atoms with van der Waals surface area (Å²) in [5.41, 5.74) is 1.29. The third-order valence-corrected chi connectivity index (χ3v) is 6.87. The van der Waals surface area contributed by atoms with E-state index >= 15 is 0 Å². The molecule has 2 rings (SSSR count). The number of ether oxygens (including phenoxy) is 2. The second-order valence-electron chi connectivity index (χ2n) is 7.97. The van der Waals surface area contributed by atoms with Gasteiger partial charge in [-0.15, -0.1) is 0 Å². The Morgan fingerprint density at radius 2 is 1.11 bits per heavy atom. The van der Waals surface area contributed by atoms with Crippen LogP contribution in [0.4, 0.5) is 0 Å². The average Bonchev–Trinajstić information content (AvgIpc) is 2.80. The van der Waals surface area contributed by atoms with E-state index in [1.165, 1.54) is 19.6 Å². The lowest BCUT2D eigenvalue weighted by Crippen LogP contribution is -2.19. The molecule has 2 atom stereocenters. The molecule has 214 valence electrons. The monoisotopic (exact) mass is 540 g/mol. The van der Waals surface area contributed by atoms with Crippen molar-refractivity contribution in [3.63, 3.8) is 0 Å². The Bertz CT molecular complexity index is 927. The van der Waals surface area contributed by atoms with E-state index in [1.807, 2.05) is 18.2 Å². The number of hydrogen-bond donors (Lipinski definition) is 0. The predicted molar refractivity (Wildman–Crippen MR) is 157 cm³/mol. The molecule has 0 saturated heterocycles. The van der Waals surface area contributed by atoms with Crippen molar-refractivity contribution in [3.05, 3.63) is 66.2 Å². The number of methoxy groups -OCH3 is 2. The standard InChI is InChI=1S/C13H18O4S.C13H18O2.4CH4/c1-11(14)10-12(17-2)8-9-18(15,16)13-6-4-3-5-7-13;1-11(14)10-13(15-2)9-8-12-6-4-3-5-7-12;;;;/h3-7,12H,8-10H2,1-2H3;3-7,13H,8-10H2,1-2H3;4*1H4. The number of Topliss-reactive ketones (excluding diaryl/α,β-unsaturated/α-hetero) is 2. The molecule has 0 aromatic heterocycles. The molecule has 0 saturated carbocycles. The molecule has 0 amide bonds. The van der Waals surface area contributed by atoms with Gasteiger partial charge >= 0.3 is 0 Å². The molecule has 0 bridgehead atoms. The minimum atomic E-state index is -3.29. The molecule has 37 heavy (non-hydrogen) atoms. The van der Waals surface area contributed by atoms with Gasteiger partial charge in [0.25, 0.3) is 0 Å². The Labute approximate surface area is 227 Å². The molecular weight excluding hydrogens is 488 g/mol. The molecule has 7 heteroatoms. The minimum absolute atomic E-state index is 0. The van der Waals surface area contributed by atoms with Crippen LogP contribution in [0.5, 0.6) is 0 Å². The van der Waals surface area contributed by atoms with E-state index in [9.17, 15) is 18.0 Å². The maximum atomic E-state index is 12.0. The van der Waals surface area contributed by atoms with E-state index in [-0.39, 0.29) is 65.7 Å². The summed E-state index contributed by atoms with van der Waals surface area (Å²) in [7, 11) is -0.138. The molecular formula is C30H52O6S. The van der Waals surface area contributed by atoms with Gasteiger partial charge in [0.2, 0.25) is 0 Å². The van der Waals surface area contributed by atoms with Gasteiger partial charge in [-0.3, -0.25) is 9.59 Å². The van der Waals surface area contributed by atoms with Crippen LogP contribution >= 0.6 is 0 Å². The number of ketones is 2. The van der Waals surface area contributed by atoms with Gasteiger partial charge in [-0.25, -0.2) is 8.42 Å². The molecule has 2 aromatic carbocycles. The molecule has 6 nitrogen and oxygen atoms in total. The normalized spacial score (nSPS) is 11.5. The highest BCUT2D eigenvalue weighted by Gasteiger charge is 2.18. The fraction of sp³-hybridized carbons (Fsp3) is 0.533. The highest BCUT2D eigenvalue weighted by Crippen LogP contribution is 2.14. The number of carbonyl (C=O) groups is 2. The number of benzene rings is 2. The zero-order chi connectivity index (χ0) is 24.7. The van der Waals surface area contributed by atoms with Crippen molar-refractivity contribution in [1.29, 1.82) is 0 Å². The molecule has 0 spiro atoms. The molecule has 2 unspecified atom stereocenters. The summed E-state index contributed by atoms with van der Waals surface area (Å²) in [4.78, 5) is 22.2. The smallest absolute Gasteiger partial charge is 0.178 e. The predicted octanol–water partition coefficient (Wildman–Crippen LogP) is 7.00. The van der Waals surface area contributed by atoms with Crippen LogP contribution < -0.4 is 0 Å². The van der Waals surface area contributed by atoms with Gasteiger partial charge < -0.3 is 9.47 Å². The van der Waals surface area contributed by atoms with Gasteiger partial charge in [0.15, 0.2) is 9.84 Å². The highest BCUT2D eigenvalue weighted by molar-refractivity contribution is 7.91. The van der Waals surface area contributed by atoms with Crippen LogP contribution in [0.2, 0.25) is 0 Å². The van der Waals surface area contributed by atoms with Gasteiger partial charge in [0.1, 0.15) is 11.6 Å². The molecule has 0 aliphatic heterocycles. The third kappa shape index (κ3) is 18.5. The molecule has 0 radical (unpaired) electrons. The molecule has 0 aliphatic carbocycles. The SMILES string of the molecule is C.C.C.C.COC(CCS(=O)(=O)c1ccccc1)CC(C)=O.COC(CCc1ccccc1)CC(C)=O. The number of aryl methyl sites for hydroxylation is 1. The molecule has 2 aromatic rings. The lowest BCUT2D eigenvalue weighted by molar-refractivity contribution is -0.120. The fourth-order valence-electron chi connectivity index (χ4n) is 3.25. The molecule has 0 aliphatic rings. The van der Waals surface area contributed by atoms with Gasteiger partial charge in [-0.05, 0) is 50.8 Å². The Kier molecular flexibility index (Phi) is 25.8. The summed E-state index contributed by atoms with van der Waals surface area (Å²) in [5.74, 6) is 0.178. The maximum absolute atomic E-state index is 12.0. The van der Waals surface area contributed by atoms with E-state index in [1.54, 1.807) is 44.4 Å². The van der Waals surface area contributed by atoms with Crippen LogP contribution in [0.15, 0.2) is 65.6 Å². The summed E-state index contributed by atoms with van der Waals surface area (Å²) < 4.78 is 34.4. The molecule has 0 N–H and O–H groups in total. The topological polar surface area (TPSA) is 86.7 Å². The summed E-state index contributed by atoms with van der Waals surface area (Å²) in [6.07, 6.45) is 2.69. The van der Waals surface area contributed by atoms with Crippen molar-refractivity contribution in [3.8, 4) is 0 Å². The number of rotatable bonds is 13. The quantitative estimate of drug-likeness (QED) is 0.272. The summed E-state index contributed by atoms with van der Waals surface area (Å²) in [6.45, 7) is 3.08. The zero-order valence-corrected chi connectivity index (χ0v) is 20.8. The lowest BCUT2D eigenvalue weighted by Gasteiger charge is -2.13. The van der Waals surface area contributed by atoms with Crippen LogP contribution in [0.1, 0.15) is 74.8 Å². The van der Waals surface area contributed by atoms with Gasteiger partial charge in [0, 0.05) is 27.1 Å². The van der Waals surface area contributed by atoms with Gasteiger partial charge in [-0.2, -0.15) is 0 Å². The Hall–Kier alpha value is -2.35. The second-order valence-corrected chi connectivity index (χ2v) is 10.1. The van der Waals surface area contributed by atoms with E-state index in [0.717, 1.165) is 12.8 Å². The Morgan fingerprint density at radius 3 is 1.51 bits per heavy atom. The second kappa shape index (κ2) is 22.8. The Balaban J connectivity index is -0.000000269. The number of sulfone groups is 1. The first-order chi connectivity index (χ1) is 15.7. The van der Waals surface area contributed by atoms with E-state index in [0.29, 0.717) is 17.7 Å². The first-order valence-electron chi connectivity index (χ1n) is 11.0. The number of hydrogen-bond acceptors (Lipinski definition) is 6. The van der Waals surface area contributed by atoms with Gasteiger partial charge in [-0.1, -0.05) is 78.2 Å². The van der Waals surface area contributed by atoms with Gasteiger partial charge in [0.05, 0.1) is 22.9 Å². The maximum Gasteiger partial charge on any atom is 0.178 e. The first-order valence-corrected chi connectivity index (χ1v) is 12.7. The minimum Gasteiger partial charge on any atom is -0.381 e. The molecule has 0 fully saturated rings. The van der Waals surface area contributed by atoms with Crippen LogP contribution in [0.25, 0.3) is 0 Å². The van der Waals surface area contributed by atoms with Crippen molar-refractivity contribution in [2.24, 2.45) is 0 Å².